The van der Waals surface area contributed by atoms with Gasteiger partial charge >= 0.3 is 0 Å². The van der Waals surface area contributed by atoms with Gasteiger partial charge in [0.25, 0.3) is 5.91 Å². The fourth-order valence-corrected chi connectivity index (χ4v) is 4.50. The first kappa shape index (κ1) is 23.8. The highest BCUT2D eigenvalue weighted by molar-refractivity contribution is 7.09. The van der Waals surface area contributed by atoms with Crippen molar-refractivity contribution in [2.75, 3.05) is 0 Å². The van der Waals surface area contributed by atoms with Gasteiger partial charge in [0.05, 0.1) is 12.1 Å². The summed E-state index contributed by atoms with van der Waals surface area (Å²) < 4.78 is 5.97. The second-order valence-electron chi connectivity index (χ2n) is 8.98. The molecule has 0 bridgehead atoms. The second kappa shape index (κ2) is 9.87. The Bertz CT molecular complexity index is 1260. The highest BCUT2D eigenvalue weighted by Crippen LogP contribution is 2.27. The summed E-state index contributed by atoms with van der Waals surface area (Å²) in [4.78, 5) is 19.7. The van der Waals surface area contributed by atoms with Gasteiger partial charge in [0, 0.05) is 28.2 Å². The van der Waals surface area contributed by atoms with Crippen molar-refractivity contribution >= 4 is 17.2 Å². The molecule has 2 heterocycles. The number of carbonyl (C=O) groups is 1. The van der Waals surface area contributed by atoms with Crippen molar-refractivity contribution in [2.45, 2.75) is 52.2 Å². The largest absolute Gasteiger partial charge is 0.419 e. The van der Waals surface area contributed by atoms with E-state index in [0.29, 0.717) is 35.9 Å². The van der Waals surface area contributed by atoms with Crippen molar-refractivity contribution in [3.05, 3.63) is 87.7 Å². The third kappa shape index (κ3) is 5.40. The van der Waals surface area contributed by atoms with Gasteiger partial charge in [-0.2, -0.15) is 0 Å². The zero-order valence-electron chi connectivity index (χ0n) is 19.9. The monoisotopic (exact) mass is 475 g/mol. The normalized spacial score (nSPS) is 13.1. The van der Waals surface area contributed by atoms with Crippen LogP contribution in [-0.4, -0.2) is 32.0 Å². The molecule has 176 valence electrons. The first-order chi connectivity index (χ1) is 16.2. The number of carbonyl (C=O) groups excluding carboxylic acids is 1. The van der Waals surface area contributed by atoms with E-state index < -0.39 is 5.54 Å². The molecule has 4 rings (SSSR count). The lowest BCUT2D eigenvalue weighted by Crippen LogP contribution is -2.36. The number of benzene rings is 2. The Balaban J connectivity index is 1.55. The molecule has 1 unspecified atom stereocenters. The summed E-state index contributed by atoms with van der Waals surface area (Å²) in [5, 5.41) is 11.3. The molecule has 7 nitrogen and oxygen atoms in total. The summed E-state index contributed by atoms with van der Waals surface area (Å²) in [6.07, 6.45) is 0.563. The fraction of sp³-hybridized carbons (Fsp3) is 0.308. The van der Waals surface area contributed by atoms with Crippen LogP contribution >= 0.6 is 11.3 Å². The molecule has 0 fully saturated rings. The summed E-state index contributed by atoms with van der Waals surface area (Å²) in [5.41, 5.74) is 8.99. The van der Waals surface area contributed by atoms with Gasteiger partial charge in [-0.15, -0.1) is 21.5 Å². The molecule has 0 saturated carbocycles. The molecule has 4 aromatic rings. The maximum absolute atomic E-state index is 13.4. The number of nitrogens with two attached hydrogens (primary N) is 1. The summed E-state index contributed by atoms with van der Waals surface area (Å²) in [6, 6.07) is 17.2. The van der Waals surface area contributed by atoms with E-state index >= 15 is 0 Å². The smallest absolute Gasteiger partial charge is 0.254 e. The summed E-state index contributed by atoms with van der Waals surface area (Å²) in [5.74, 6) is 0.615. The number of aromatic nitrogens is 3. The third-order valence-electron chi connectivity index (χ3n) is 5.54. The summed E-state index contributed by atoms with van der Waals surface area (Å²) in [6.45, 7) is 8.30. The van der Waals surface area contributed by atoms with Gasteiger partial charge in [-0.05, 0) is 57.9 Å². The van der Waals surface area contributed by atoms with Crippen LogP contribution in [-0.2, 0) is 18.5 Å². The molecule has 0 saturated heterocycles. The molecule has 1 amide bonds. The van der Waals surface area contributed by atoms with Crippen molar-refractivity contribution < 1.29 is 9.21 Å². The van der Waals surface area contributed by atoms with Crippen molar-refractivity contribution in [1.82, 2.24) is 20.1 Å². The SMILES string of the molecule is Cc1csc(CN(C(=O)c2cccc(-c3nnc(C(C)(N)Cc4ccccc4)o3)c2)C(C)C)n1. The predicted octanol–water partition coefficient (Wildman–Crippen LogP) is 4.97. The second-order valence-corrected chi connectivity index (χ2v) is 9.93. The number of hydrogen-bond acceptors (Lipinski definition) is 7. The van der Waals surface area contributed by atoms with Crippen LogP contribution in [0.25, 0.3) is 11.5 Å². The average molecular weight is 476 g/mol. The highest BCUT2D eigenvalue weighted by atomic mass is 32.1. The molecule has 2 N–H and O–H groups in total. The molecule has 0 spiro atoms. The van der Waals surface area contributed by atoms with E-state index in [1.54, 1.807) is 23.5 Å². The minimum absolute atomic E-state index is 0.0197. The van der Waals surface area contributed by atoms with Gasteiger partial charge in [-0.25, -0.2) is 4.98 Å². The minimum Gasteiger partial charge on any atom is -0.419 e. The number of aryl methyl sites for hydroxylation is 1. The van der Waals surface area contributed by atoms with Gasteiger partial charge in [0.1, 0.15) is 5.01 Å². The molecule has 34 heavy (non-hydrogen) atoms. The minimum atomic E-state index is -0.819. The van der Waals surface area contributed by atoms with E-state index in [2.05, 4.69) is 15.2 Å². The average Bonchev–Trinajstić information content (AvgIpc) is 3.47. The van der Waals surface area contributed by atoms with E-state index in [-0.39, 0.29) is 11.9 Å². The fourth-order valence-electron chi connectivity index (χ4n) is 3.73. The maximum Gasteiger partial charge on any atom is 0.254 e. The summed E-state index contributed by atoms with van der Waals surface area (Å²) in [7, 11) is 0. The van der Waals surface area contributed by atoms with E-state index in [0.717, 1.165) is 16.3 Å². The van der Waals surface area contributed by atoms with Crippen LogP contribution in [0.4, 0.5) is 0 Å². The number of rotatable bonds is 8. The molecule has 1 atom stereocenters. The zero-order chi connectivity index (χ0) is 24.3. The van der Waals surface area contributed by atoms with Crippen LogP contribution in [0.15, 0.2) is 64.4 Å². The zero-order valence-corrected chi connectivity index (χ0v) is 20.7. The Morgan fingerprint density at radius 1 is 1.15 bits per heavy atom. The van der Waals surface area contributed by atoms with Gasteiger partial charge in [0.2, 0.25) is 11.8 Å². The van der Waals surface area contributed by atoms with Crippen LogP contribution in [0.1, 0.15) is 53.3 Å². The molecule has 0 aliphatic rings. The van der Waals surface area contributed by atoms with Crippen molar-refractivity contribution in [2.24, 2.45) is 5.73 Å². The number of thiazole rings is 1. The van der Waals surface area contributed by atoms with E-state index in [1.165, 1.54) is 0 Å². The lowest BCUT2D eigenvalue weighted by atomic mass is 9.94. The Hall–Kier alpha value is -3.36. The lowest BCUT2D eigenvalue weighted by molar-refractivity contribution is 0.0690. The summed E-state index contributed by atoms with van der Waals surface area (Å²) >= 11 is 1.56. The van der Waals surface area contributed by atoms with Crippen LogP contribution in [0, 0.1) is 6.92 Å². The molecule has 0 radical (unpaired) electrons. The third-order valence-corrected chi connectivity index (χ3v) is 6.49. The molecule has 8 heteroatoms. The Morgan fingerprint density at radius 3 is 2.59 bits per heavy atom. The maximum atomic E-state index is 13.4. The number of amides is 1. The van der Waals surface area contributed by atoms with Crippen LogP contribution in [0.2, 0.25) is 0 Å². The first-order valence-electron chi connectivity index (χ1n) is 11.2. The first-order valence-corrected chi connectivity index (χ1v) is 12.1. The topological polar surface area (TPSA) is 98.1 Å². The Labute approximate surface area is 203 Å². The van der Waals surface area contributed by atoms with Gasteiger partial charge in [-0.3, -0.25) is 4.79 Å². The van der Waals surface area contributed by atoms with Crippen LogP contribution in [0.5, 0.6) is 0 Å². The highest BCUT2D eigenvalue weighted by Gasteiger charge is 2.29. The molecular formula is C26H29N5O2S. The van der Waals surface area contributed by atoms with Crippen molar-refractivity contribution in [3.63, 3.8) is 0 Å². The van der Waals surface area contributed by atoms with Crippen molar-refractivity contribution in [1.29, 1.82) is 0 Å². The van der Waals surface area contributed by atoms with Crippen LogP contribution < -0.4 is 5.73 Å². The van der Waals surface area contributed by atoms with Crippen LogP contribution in [0.3, 0.4) is 0 Å². The van der Waals surface area contributed by atoms with Crippen molar-refractivity contribution in [3.8, 4) is 11.5 Å². The molecule has 0 aliphatic carbocycles. The quantitative estimate of drug-likeness (QED) is 0.386. The Kier molecular flexibility index (Phi) is 6.90. The lowest BCUT2D eigenvalue weighted by Gasteiger charge is -2.26. The number of nitrogens with zero attached hydrogens (tertiary/aromatic N) is 4. The van der Waals surface area contributed by atoms with Gasteiger partial charge in [0.15, 0.2) is 0 Å². The van der Waals surface area contributed by atoms with Gasteiger partial charge < -0.3 is 15.1 Å². The Morgan fingerprint density at radius 2 is 1.91 bits per heavy atom. The molecular weight excluding hydrogens is 446 g/mol. The molecule has 2 aromatic carbocycles. The van der Waals surface area contributed by atoms with E-state index in [9.17, 15) is 4.79 Å². The molecule has 2 aromatic heterocycles. The number of hydrogen-bond donors (Lipinski definition) is 1. The molecule has 0 aliphatic heterocycles. The van der Waals surface area contributed by atoms with Gasteiger partial charge in [-0.1, -0.05) is 36.4 Å². The standard InChI is InChI=1S/C26H29N5O2S/c1-17(2)31(15-22-28-18(3)16-34-22)24(32)21-12-8-11-20(13-21)23-29-30-25(33-23)26(4,27)14-19-9-6-5-7-10-19/h5-13,16-17H,14-15,27H2,1-4H3. The predicted molar refractivity (Wildman–Crippen MR) is 133 cm³/mol. The van der Waals surface area contributed by atoms with E-state index in [4.69, 9.17) is 10.2 Å². The van der Waals surface area contributed by atoms with E-state index in [1.807, 2.05) is 80.4 Å².